The molecule has 112 valence electrons. The van der Waals surface area contributed by atoms with Gasteiger partial charge in [-0.1, -0.05) is 0 Å². The molecule has 0 atom stereocenters. The molecule has 0 fully saturated rings. The van der Waals surface area contributed by atoms with Crippen molar-refractivity contribution in [3.05, 3.63) is 46.6 Å². The van der Waals surface area contributed by atoms with Crippen molar-refractivity contribution in [1.29, 1.82) is 0 Å². The van der Waals surface area contributed by atoms with E-state index in [1.165, 1.54) is 19.2 Å². The molecule has 1 N–H and O–H groups in total. The molecule has 0 aliphatic carbocycles. The van der Waals surface area contributed by atoms with E-state index in [0.29, 0.717) is 6.07 Å². The summed E-state index contributed by atoms with van der Waals surface area (Å²) in [6, 6.07) is 5.18. The van der Waals surface area contributed by atoms with Crippen LogP contribution in [0.25, 0.3) is 0 Å². The lowest BCUT2D eigenvalue weighted by molar-refractivity contribution is 0.397. The molecular formula is C12H9BrF2N2O3S. The molecule has 0 aliphatic rings. The quantitative estimate of drug-likeness (QED) is 0.830. The van der Waals surface area contributed by atoms with Crippen LogP contribution in [0.4, 0.5) is 14.5 Å². The average molecular weight is 379 g/mol. The monoisotopic (exact) mass is 378 g/mol. The molecule has 9 heteroatoms. The van der Waals surface area contributed by atoms with Gasteiger partial charge in [0.1, 0.15) is 4.60 Å². The van der Waals surface area contributed by atoms with Crippen LogP contribution in [-0.4, -0.2) is 20.5 Å². The lowest BCUT2D eigenvalue weighted by Crippen LogP contribution is -2.14. The maximum atomic E-state index is 13.1. The Labute approximate surface area is 128 Å². The summed E-state index contributed by atoms with van der Waals surface area (Å²) in [5, 5.41) is 0. The van der Waals surface area contributed by atoms with Crippen molar-refractivity contribution < 1.29 is 21.9 Å². The Bertz CT molecular complexity index is 784. The van der Waals surface area contributed by atoms with E-state index in [-0.39, 0.29) is 16.2 Å². The van der Waals surface area contributed by atoms with E-state index in [1.54, 1.807) is 0 Å². The summed E-state index contributed by atoms with van der Waals surface area (Å²) in [5.41, 5.74) is 0.139. The third kappa shape index (κ3) is 3.48. The number of hydrogen-bond donors (Lipinski definition) is 1. The Kier molecular flexibility index (Phi) is 4.43. The number of methoxy groups -OCH3 is 1. The number of benzene rings is 1. The molecule has 0 saturated heterocycles. The SMILES string of the molecule is COc1ccc(NS(=O)(=O)c2ccc(F)c(F)c2)c(Br)n1. The Morgan fingerprint density at radius 2 is 1.90 bits per heavy atom. The van der Waals surface area contributed by atoms with E-state index in [0.717, 1.165) is 12.1 Å². The van der Waals surface area contributed by atoms with E-state index in [2.05, 4.69) is 25.6 Å². The molecule has 21 heavy (non-hydrogen) atoms. The second-order valence-electron chi connectivity index (χ2n) is 3.87. The predicted molar refractivity (Wildman–Crippen MR) is 75.7 cm³/mol. The minimum atomic E-state index is -4.06. The molecule has 0 amide bonds. The third-order valence-electron chi connectivity index (χ3n) is 2.48. The van der Waals surface area contributed by atoms with Crippen LogP contribution in [0, 0.1) is 11.6 Å². The van der Waals surface area contributed by atoms with Gasteiger partial charge in [0.05, 0.1) is 17.7 Å². The molecule has 2 aromatic rings. The van der Waals surface area contributed by atoms with Crippen molar-refractivity contribution in [3.63, 3.8) is 0 Å². The fourth-order valence-electron chi connectivity index (χ4n) is 1.46. The van der Waals surface area contributed by atoms with Gasteiger partial charge in [0.15, 0.2) is 11.6 Å². The van der Waals surface area contributed by atoms with E-state index in [4.69, 9.17) is 4.74 Å². The van der Waals surface area contributed by atoms with Crippen LogP contribution in [0.3, 0.4) is 0 Å². The Morgan fingerprint density at radius 1 is 1.19 bits per heavy atom. The molecule has 0 radical (unpaired) electrons. The number of nitrogens with one attached hydrogen (secondary N) is 1. The van der Waals surface area contributed by atoms with Gasteiger partial charge in [0, 0.05) is 6.07 Å². The highest BCUT2D eigenvalue weighted by Gasteiger charge is 2.18. The summed E-state index contributed by atoms with van der Waals surface area (Å²) in [6.45, 7) is 0. The zero-order valence-electron chi connectivity index (χ0n) is 10.6. The molecule has 1 aromatic heterocycles. The summed E-state index contributed by atoms with van der Waals surface area (Å²) in [7, 11) is -2.65. The minimum absolute atomic E-state index is 0.139. The van der Waals surface area contributed by atoms with Crippen LogP contribution in [0.5, 0.6) is 5.88 Å². The second-order valence-corrected chi connectivity index (χ2v) is 6.31. The van der Waals surface area contributed by atoms with Gasteiger partial charge in [-0.2, -0.15) is 0 Å². The van der Waals surface area contributed by atoms with Gasteiger partial charge in [-0.25, -0.2) is 22.2 Å². The lowest BCUT2D eigenvalue weighted by atomic mass is 10.3. The predicted octanol–water partition coefficient (Wildman–Crippen LogP) is 2.93. The summed E-state index contributed by atoms with van der Waals surface area (Å²) in [5.74, 6) is -2.08. The zero-order valence-corrected chi connectivity index (χ0v) is 13.0. The molecule has 0 spiro atoms. The zero-order chi connectivity index (χ0) is 15.6. The first-order valence-electron chi connectivity index (χ1n) is 5.52. The highest BCUT2D eigenvalue weighted by molar-refractivity contribution is 9.10. The van der Waals surface area contributed by atoms with Crippen molar-refractivity contribution in [2.45, 2.75) is 4.90 Å². The summed E-state index contributed by atoms with van der Waals surface area (Å²) < 4.78 is 57.4. The number of hydrogen-bond acceptors (Lipinski definition) is 4. The molecule has 1 aromatic carbocycles. The number of pyridine rings is 1. The fourth-order valence-corrected chi connectivity index (χ4v) is 3.07. The molecule has 5 nitrogen and oxygen atoms in total. The van der Waals surface area contributed by atoms with E-state index in [1.807, 2.05) is 0 Å². The molecular weight excluding hydrogens is 370 g/mol. The van der Waals surface area contributed by atoms with Crippen molar-refractivity contribution in [2.24, 2.45) is 0 Å². The number of ether oxygens (including phenoxy) is 1. The van der Waals surface area contributed by atoms with Crippen molar-refractivity contribution in [3.8, 4) is 5.88 Å². The number of sulfonamides is 1. The summed E-state index contributed by atoms with van der Waals surface area (Å²) in [6.07, 6.45) is 0. The molecule has 2 rings (SSSR count). The number of rotatable bonds is 4. The number of nitrogens with zero attached hydrogens (tertiary/aromatic N) is 1. The highest BCUT2D eigenvalue weighted by Crippen LogP contribution is 2.26. The number of halogens is 3. The normalized spacial score (nSPS) is 11.2. The first-order chi connectivity index (χ1) is 9.83. The van der Waals surface area contributed by atoms with Gasteiger partial charge < -0.3 is 4.74 Å². The first kappa shape index (κ1) is 15.6. The molecule has 0 bridgehead atoms. The van der Waals surface area contributed by atoms with Gasteiger partial charge >= 0.3 is 0 Å². The van der Waals surface area contributed by atoms with Crippen LogP contribution < -0.4 is 9.46 Å². The third-order valence-corrected chi connectivity index (χ3v) is 4.45. The van der Waals surface area contributed by atoms with Gasteiger partial charge in [0.25, 0.3) is 10.0 Å². The summed E-state index contributed by atoms with van der Waals surface area (Å²) in [4.78, 5) is 3.54. The second kappa shape index (κ2) is 5.94. The van der Waals surface area contributed by atoms with Crippen LogP contribution in [0.2, 0.25) is 0 Å². The lowest BCUT2D eigenvalue weighted by Gasteiger charge is -2.10. The van der Waals surface area contributed by atoms with Crippen molar-refractivity contribution >= 4 is 31.6 Å². The maximum absolute atomic E-state index is 13.1. The molecule has 0 saturated carbocycles. The highest BCUT2D eigenvalue weighted by atomic mass is 79.9. The maximum Gasteiger partial charge on any atom is 0.262 e. The van der Waals surface area contributed by atoms with Gasteiger partial charge in [-0.05, 0) is 40.2 Å². The van der Waals surface area contributed by atoms with Crippen LogP contribution in [0.15, 0.2) is 39.8 Å². The van der Waals surface area contributed by atoms with Crippen LogP contribution in [0.1, 0.15) is 0 Å². The number of anilines is 1. The standard InChI is InChI=1S/C12H9BrF2N2O3S/c1-20-11-5-4-10(12(13)16-11)17-21(18,19)7-2-3-8(14)9(15)6-7/h2-6,17H,1H3. The van der Waals surface area contributed by atoms with E-state index in [9.17, 15) is 17.2 Å². The minimum Gasteiger partial charge on any atom is -0.481 e. The Morgan fingerprint density at radius 3 is 2.48 bits per heavy atom. The summed E-state index contributed by atoms with van der Waals surface area (Å²) >= 11 is 3.09. The topological polar surface area (TPSA) is 68.3 Å². The van der Waals surface area contributed by atoms with Crippen LogP contribution >= 0.6 is 15.9 Å². The Balaban J connectivity index is 2.35. The van der Waals surface area contributed by atoms with Crippen molar-refractivity contribution in [1.82, 2.24) is 4.98 Å². The smallest absolute Gasteiger partial charge is 0.262 e. The number of aromatic nitrogens is 1. The largest absolute Gasteiger partial charge is 0.481 e. The fraction of sp³-hybridized carbons (Fsp3) is 0.0833. The van der Waals surface area contributed by atoms with Gasteiger partial charge in [-0.3, -0.25) is 4.72 Å². The van der Waals surface area contributed by atoms with Gasteiger partial charge in [0.2, 0.25) is 5.88 Å². The van der Waals surface area contributed by atoms with E-state index < -0.39 is 26.6 Å². The Hall–Kier alpha value is -1.74. The van der Waals surface area contributed by atoms with Crippen molar-refractivity contribution in [2.75, 3.05) is 11.8 Å². The molecule has 0 unspecified atom stereocenters. The first-order valence-corrected chi connectivity index (χ1v) is 7.79. The molecule has 1 heterocycles. The van der Waals surface area contributed by atoms with Crippen LogP contribution in [-0.2, 0) is 10.0 Å². The average Bonchev–Trinajstić information content (AvgIpc) is 2.43. The molecule has 0 aliphatic heterocycles. The van der Waals surface area contributed by atoms with Gasteiger partial charge in [-0.15, -0.1) is 0 Å². The van der Waals surface area contributed by atoms with E-state index >= 15 is 0 Å².